The molecular weight excluding hydrogens is 527 g/mol. The van der Waals surface area contributed by atoms with Gasteiger partial charge in [-0.1, -0.05) is 84.3 Å². The third kappa shape index (κ3) is 5.26. The second kappa shape index (κ2) is 11.2. The van der Waals surface area contributed by atoms with E-state index in [-0.39, 0.29) is 35.4 Å². The van der Waals surface area contributed by atoms with Gasteiger partial charge in [0.25, 0.3) is 0 Å². The number of hydrogen-bond acceptors (Lipinski definition) is 8. The van der Waals surface area contributed by atoms with E-state index in [9.17, 15) is 14.4 Å². The summed E-state index contributed by atoms with van der Waals surface area (Å²) in [5.74, 6) is -1.22. The van der Waals surface area contributed by atoms with Crippen molar-refractivity contribution in [2.75, 3.05) is 18.1 Å². The van der Waals surface area contributed by atoms with Gasteiger partial charge in [-0.2, -0.15) is 0 Å². The van der Waals surface area contributed by atoms with Crippen molar-refractivity contribution in [2.24, 2.45) is 0 Å². The molecule has 0 saturated heterocycles. The summed E-state index contributed by atoms with van der Waals surface area (Å²) in [7, 11) is 0. The molecule has 0 spiro atoms. The average molecular weight is 554 g/mol. The highest BCUT2D eigenvalue weighted by Crippen LogP contribution is 2.56. The largest absolute Gasteiger partial charge is 0.462 e. The fourth-order valence-corrected chi connectivity index (χ4v) is 7.26. The number of para-hydroxylation sites is 1. The van der Waals surface area contributed by atoms with Crippen molar-refractivity contribution in [3.63, 3.8) is 0 Å². The number of amides is 1. The third-order valence-electron chi connectivity index (χ3n) is 5.93. The molecule has 0 radical (unpaired) electrons. The van der Waals surface area contributed by atoms with Crippen molar-refractivity contribution in [2.45, 2.75) is 39.7 Å². The fraction of sp³-hybridized carbons (Fsp3) is 0.286. The number of thioether (sulfide) groups is 2. The van der Waals surface area contributed by atoms with Gasteiger partial charge in [0.05, 0.1) is 40.0 Å². The zero-order valence-electron chi connectivity index (χ0n) is 21.0. The number of carbonyl (C=O) groups excluding carboxylic acids is 3. The molecule has 1 amide bonds. The molecule has 0 saturated carbocycles. The lowest BCUT2D eigenvalue weighted by molar-refractivity contribution is -0.140. The molecule has 2 aliphatic heterocycles. The normalized spacial score (nSPS) is 16.5. The van der Waals surface area contributed by atoms with Crippen LogP contribution in [0.4, 0.5) is 5.69 Å². The van der Waals surface area contributed by atoms with E-state index in [0.29, 0.717) is 9.10 Å². The Balaban J connectivity index is 1.80. The number of fused-ring (bicyclic) bond motifs is 1. The van der Waals surface area contributed by atoms with Gasteiger partial charge in [0.15, 0.2) is 0 Å². The second-order valence-corrected chi connectivity index (χ2v) is 11.5. The minimum absolute atomic E-state index is 0.0701. The average Bonchev–Trinajstić information content (AvgIpc) is 3.31. The van der Waals surface area contributed by atoms with Gasteiger partial charge in [-0.3, -0.25) is 4.79 Å². The molecule has 0 atom stereocenters. The molecule has 2 aliphatic rings. The lowest BCUT2D eigenvalue weighted by Crippen LogP contribution is -2.56. The summed E-state index contributed by atoms with van der Waals surface area (Å²) >= 11 is 8.35. The van der Waals surface area contributed by atoms with E-state index in [4.69, 9.17) is 21.7 Å². The lowest BCUT2D eigenvalue weighted by Gasteiger charge is -2.45. The molecular formula is C28H27NO5S3. The van der Waals surface area contributed by atoms with Crippen molar-refractivity contribution < 1.29 is 23.9 Å². The Hall–Kier alpha value is -2.88. The number of carbonyl (C=O) groups is 3. The number of thiocarbonyl (C=S) groups is 1. The minimum atomic E-state index is -0.838. The van der Waals surface area contributed by atoms with Crippen LogP contribution >= 0.6 is 35.7 Å². The van der Waals surface area contributed by atoms with Crippen molar-refractivity contribution in [1.29, 1.82) is 0 Å². The maximum absolute atomic E-state index is 13.7. The van der Waals surface area contributed by atoms with E-state index in [1.807, 2.05) is 68.4 Å². The maximum atomic E-state index is 13.7. The molecule has 2 heterocycles. The highest BCUT2D eigenvalue weighted by molar-refractivity contribution is 8.29. The summed E-state index contributed by atoms with van der Waals surface area (Å²) < 4.78 is 11.1. The van der Waals surface area contributed by atoms with Crippen LogP contribution in [-0.4, -0.2) is 41.5 Å². The Labute approximate surface area is 230 Å². The molecule has 2 aromatic carbocycles. The maximum Gasteiger partial charge on any atom is 0.346 e. The smallest absolute Gasteiger partial charge is 0.346 e. The first-order valence-corrected chi connectivity index (χ1v) is 13.9. The monoisotopic (exact) mass is 553 g/mol. The second-order valence-electron chi connectivity index (χ2n) is 8.76. The highest BCUT2D eigenvalue weighted by atomic mass is 32.2. The standard InChI is InChI=1S/C28H27NO5S3/c1-5-33-25(31)22-23(26(32)34-6-2)37-27(36-22)21-18-14-10-11-15-19(18)29(28(3,4)24(21)35)20(30)16-17-12-8-7-9-13-17/h7-15H,5-6,16H2,1-4H3. The van der Waals surface area contributed by atoms with Gasteiger partial charge in [0.1, 0.15) is 9.81 Å². The van der Waals surface area contributed by atoms with Gasteiger partial charge in [0, 0.05) is 11.1 Å². The van der Waals surface area contributed by atoms with Crippen molar-refractivity contribution in [1.82, 2.24) is 0 Å². The fourth-order valence-electron chi connectivity index (χ4n) is 4.27. The first-order valence-electron chi connectivity index (χ1n) is 11.9. The molecule has 0 fully saturated rings. The molecule has 6 nitrogen and oxygen atoms in total. The molecule has 4 rings (SSSR count). The molecule has 0 bridgehead atoms. The summed E-state index contributed by atoms with van der Waals surface area (Å²) in [5, 5.41) is 0. The SMILES string of the molecule is CCOC(=O)C1=C(C(=O)OCC)SC(=C2C(=S)C(C)(C)N(C(=O)Cc3ccccc3)c3ccccc32)S1. The van der Waals surface area contributed by atoms with Crippen LogP contribution in [0.25, 0.3) is 5.57 Å². The number of anilines is 1. The van der Waals surface area contributed by atoms with Gasteiger partial charge in [0.2, 0.25) is 5.91 Å². The Morgan fingerprint density at radius 3 is 1.97 bits per heavy atom. The van der Waals surface area contributed by atoms with Gasteiger partial charge < -0.3 is 14.4 Å². The lowest BCUT2D eigenvalue weighted by atomic mass is 9.83. The summed E-state index contributed by atoms with van der Waals surface area (Å²) in [6, 6.07) is 17.2. The van der Waals surface area contributed by atoms with Gasteiger partial charge in [-0.15, -0.1) is 0 Å². The third-order valence-corrected chi connectivity index (χ3v) is 9.19. The van der Waals surface area contributed by atoms with E-state index in [0.717, 1.165) is 45.9 Å². The zero-order chi connectivity index (χ0) is 26.7. The van der Waals surface area contributed by atoms with Crippen LogP contribution in [0.1, 0.15) is 38.8 Å². The predicted octanol–water partition coefficient (Wildman–Crippen LogP) is 5.91. The van der Waals surface area contributed by atoms with Crippen LogP contribution in [0.3, 0.4) is 0 Å². The summed E-state index contributed by atoms with van der Waals surface area (Å²) in [5.41, 5.74) is 2.32. The molecule has 192 valence electrons. The molecule has 2 aromatic rings. The number of hydrogen-bond donors (Lipinski definition) is 0. The van der Waals surface area contributed by atoms with E-state index >= 15 is 0 Å². The Morgan fingerprint density at radius 1 is 0.865 bits per heavy atom. The van der Waals surface area contributed by atoms with Crippen molar-refractivity contribution in [3.05, 3.63) is 79.8 Å². The van der Waals surface area contributed by atoms with Crippen LogP contribution in [0.15, 0.2) is 68.6 Å². The number of benzene rings is 2. The minimum Gasteiger partial charge on any atom is -0.462 e. The first-order chi connectivity index (χ1) is 17.7. The number of esters is 2. The predicted molar refractivity (Wildman–Crippen MR) is 153 cm³/mol. The molecule has 0 N–H and O–H groups in total. The van der Waals surface area contributed by atoms with Crippen LogP contribution in [0.5, 0.6) is 0 Å². The Kier molecular flexibility index (Phi) is 8.26. The summed E-state index contributed by atoms with van der Waals surface area (Å²) in [6.07, 6.45) is 0.234. The Bertz CT molecular complexity index is 1300. The van der Waals surface area contributed by atoms with E-state index < -0.39 is 17.5 Å². The number of rotatable bonds is 6. The van der Waals surface area contributed by atoms with E-state index in [1.165, 1.54) is 0 Å². The van der Waals surface area contributed by atoms with Gasteiger partial charge in [-0.25, -0.2) is 9.59 Å². The number of ether oxygens (including phenoxy) is 2. The zero-order valence-corrected chi connectivity index (χ0v) is 23.5. The molecule has 37 heavy (non-hydrogen) atoms. The first kappa shape index (κ1) is 27.2. The quantitative estimate of drug-likeness (QED) is 0.248. The summed E-state index contributed by atoms with van der Waals surface area (Å²) in [6.45, 7) is 7.63. The number of nitrogens with zero attached hydrogens (tertiary/aromatic N) is 1. The van der Waals surface area contributed by atoms with Crippen molar-refractivity contribution >= 4 is 69.7 Å². The van der Waals surface area contributed by atoms with Gasteiger partial charge in [-0.05, 0) is 39.3 Å². The highest BCUT2D eigenvalue weighted by Gasteiger charge is 2.46. The topological polar surface area (TPSA) is 72.9 Å². The van der Waals surface area contributed by atoms with Crippen LogP contribution in [-0.2, 0) is 30.3 Å². The van der Waals surface area contributed by atoms with Gasteiger partial charge >= 0.3 is 11.9 Å². The van der Waals surface area contributed by atoms with Crippen LogP contribution in [0.2, 0.25) is 0 Å². The van der Waals surface area contributed by atoms with Crippen LogP contribution < -0.4 is 4.90 Å². The summed E-state index contributed by atoms with van der Waals surface area (Å²) in [4.78, 5) is 41.8. The molecule has 0 aliphatic carbocycles. The van der Waals surface area contributed by atoms with Crippen molar-refractivity contribution in [3.8, 4) is 0 Å². The van der Waals surface area contributed by atoms with E-state index in [1.54, 1.807) is 18.7 Å². The molecule has 0 aromatic heterocycles. The Morgan fingerprint density at radius 2 is 1.41 bits per heavy atom. The van der Waals surface area contributed by atoms with E-state index in [2.05, 4.69) is 0 Å². The van der Waals surface area contributed by atoms with Crippen LogP contribution in [0, 0.1) is 0 Å². The molecule has 0 unspecified atom stereocenters. The molecule has 9 heteroatoms.